The van der Waals surface area contributed by atoms with Crippen molar-refractivity contribution >= 4 is 16.9 Å². The molecule has 1 saturated carbocycles. The molecule has 0 spiro atoms. The highest BCUT2D eigenvalue weighted by Crippen LogP contribution is 2.53. The van der Waals surface area contributed by atoms with Gasteiger partial charge in [-0.15, -0.1) is 0 Å². The van der Waals surface area contributed by atoms with E-state index in [1.807, 2.05) is 0 Å². The number of hydrogen-bond donors (Lipinski definition) is 2. The SMILES string of the molecule is O=C(O)CC1(c2c[nH]c3cccc(F)c23)CC1. The second-order valence-corrected chi connectivity index (χ2v) is 4.72. The molecule has 0 bridgehead atoms. The molecule has 17 heavy (non-hydrogen) atoms. The van der Waals surface area contributed by atoms with Crippen molar-refractivity contribution in [2.45, 2.75) is 24.7 Å². The van der Waals surface area contributed by atoms with Crippen LogP contribution in [-0.2, 0) is 10.2 Å². The van der Waals surface area contributed by atoms with Crippen LogP contribution in [0.3, 0.4) is 0 Å². The molecule has 0 unspecified atom stereocenters. The Morgan fingerprint density at radius 3 is 2.88 bits per heavy atom. The number of halogens is 1. The number of hydrogen-bond acceptors (Lipinski definition) is 1. The summed E-state index contributed by atoms with van der Waals surface area (Å²) in [7, 11) is 0. The van der Waals surface area contributed by atoms with Crippen molar-refractivity contribution in [3.05, 3.63) is 35.8 Å². The molecular formula is C13H12FNO2. The molecule has 3 nitrogen and oxygen atoms in total. The zero-order valence-corrected chi connectivity index (χ0v) is 9.16. The molecular weight excluding hydrogens is 221 g/mol. The van der Waals surface area contributed by atoms with Crippen LogP contribution in [0.15, 0.2) is 24.4 Å². The maximum Gasteiger partial charge on any atom is 0.304 e. The molecule has 1 aromatic carbocycles. The molecule has 0 atom stereocenters. The normalized spacial score (nSPS) is 17.2. The summed E-state index contributed by atoms with van der Waals surface area (Å²) in [5.41, 5.74) is 1.19. The Hall–Kier alpha value is -1.84. The van der Waals surface area contributed by atoms with Crippen LogP contribution < -0.4 is 0 Å². The van der Waals surface area contributed by atoms with Gasteiger partial charge in [0, 0.05) is 22.5 Å². The topological polar surface area (TPSA) is 53.1 Å². The fourth-order valence-corrected chi connectivity index (χ4v) is 2.54. The molecule has 1 fully saturated rings. The molecule has 1 aliphatic rings. The predicted octanol–water partition coefficient (Wildman–Crippen LogP) is 2.81. The summed E-state index contributed by atoms with van der Waals surface area (Å²) in [6, 6.07) is 4.87. The number of carboxylic acids is 1. The summed E-state index contributed by atoms with van der Waals surface area (Å²) in [5.74, 6) is -1.11. The van der Waals surface area contributed by atoms with Crippen LogP contribution in [0.25, 0.3) is 10.9 Å². The Morgan fingerprint density at radius 1 is 1.47 bits per heavy atom. The summed E-state index contributed by atoms with van der Waals surface area (Å²) in [5, 5.41) is 9.47. The van der Waals surface area contributed by atoms with E-state index in [2.05, 4.69) is 4.98 Å². The number of aromatic amines is 1. The number of aliphatic carboxylic acids is 1. The highest BCUT2D eigenvalue weighted by molar-refractivity contribution is 5.86. The first kappa shape index (κ1) is 10.3. The van der Waals surface area contributed by atoms with E-state index >= 15 is 0 Å². The second-order valence-electron chi connectivity index (χ2n) is 4.72. The van der Waals surface area contributed by atoms with Gasteiger partial charge in [0.2, 0.25) is 0 Å². The third-order valence-corrected chi connectivity index (χ3v) is 3.57. The Labute approximate surface area is 97.3 Å². The van der Waals surface area contributed by atoms with Crippen molar-refractivity contribution in [3.8, 4) is 0 Å². The van der Waals surface area contributed by atoms with Crippen LogP contribution in [0, 0.1) is 5.82 Å². The maximum atomic E-state index is 13.8. The summed E-state index contributed by atoms with van der Waals surface area (Å²) < 4.78 is 13.8. The van der Waals surface area contributed by atoms with E-state index in [4.69, 9.17) is 5.11 Å². The molecule has 2 N–H and O–H groups in total. The highest BCUT2D eigenvalue weighted by atomic mass is 19.1. The van der Waals surface area contributed by atoms with E-state index in [1.165, 1.54) is 6.07 Å². The van der Waals surface area contributed by atoms with Crippen molar-refractivity contribution in [2.24, 2.45) is 0 Å². The highest BCUT2D eigenvalue weighted by Gasteiger charge is 2.47. The van der Waals surface area contributed by atoms with Crippen molar-refractivity contribution in [1.29, 1.82) is 0 Å². The summed E-state index contributed by atoms with van der Waals surface area (Å²) in [6.45, 7) is 0. The third kappa shape index (κ3) is 1.52. The number of rotatable bonds is 3. The second kappa shape index (κ2) is 3.32. The van der Waals surface area contributed by atoms with Crippen LogP contribution >= 0.6 is 0 Å². The van der Waals surface area contributed by atoms with Crippen molar-refractivity contribution in [2.75, 3.05) is 0 Å². The summed E-state index contributed by atoms with van der Waals surface area (Å²) in [4.78, 5) is 13.9. The van der Waals surface area contributed by atoms with E-state index in [0.29, 0.717) is 5.39 Å². The standard InChI is InChI=1S/C13H12FNO2/c14-9-2-1-3-10-12(9)8(7-15-10)13(4-5-13)6-11(16)17/h1-3,7,15H,4-6H2,(H,16,17). The molecule has 2 aromatic rings. The van der Waals surface area contributed by atoms with Gasteiger partial charge in [0.1, 0.15) is 5.82 Å². The number of carboxylic acid groups (broad SMARTS) is 1. The Kier molecular flexibility index (Phi) is 2.02. The first-order valence-electron chi connectivity index (χ1n) is 5.60. The number of aromatic nitrogens is 1. The van der Waals surface area contributed by atoms with Gasteiger partial charge in [-0.2, -0.15) is 0 Å². The monoisotopic (exact) mass is 233 g/mol. The van der Waals surface area contributed by atoms with E-state index in [0.717, 1.165) is 23.9 Å². The average Bonchev–Trinajstić information content (AvgIpc) is 2.89. The van der Waals surface area contributed by atoms with Gasteiger partial charge < -0.3 is 10.1 Å². The minimum Gasteiger partial charge on any atom is -0.481 e. The van der Waals surface area contributed by atoms with Crippen LogP contribution in [-0.4, -0.2) is 16.1 Å². The molecule has 3 rings (SSSR count). The molecule has 0 amide bonds. The smallest absolute Gasteiger partial charge is 0.304 e. The Morgan fingerprint density at radius 2 is 2.24 bits per heavy atom. The molecule has 0 aliphatic heterocycles. The lowest BCUT2D eigenvalue weighted by atomic mass is 9.92. The zero-order valence-electron chi connectivity index (χ0n) is 9.16. The lowest BCUT2D eigenvalue weighted by Gasteiger charge is -2.11. The van der Waals surface area contributed by atoms with Crippen molar-refractivity contribution in [1.82, 2.24) is 4.98 Å². The molecule has 0 radical (unpaired) electrons. The van der Waals surface area contributed by atoms with Gasteiger partial charge in [-0.3, -0.25) is 4.79 Å². The van der Waals surface area contributed by atoms with Gasteiger partial charge in [0.05, 0.1) is 6.42 Å². The van der Waals surface area contributed by atoms with Gasteiger partial charge in [-0.05, 0) is 30.5 Å². The van der Waals surface area contributed by atoms with E-state index in [1.54, 1.807) is 18.3 Å². The molecule has 1 aliphatic carbocycles. The van der Waals surface area contributed by atoms with Gasteiger partial charge >= 0.3 is 5.97 Å². The average molecular weight is 233 g/mol. The lowest BCUT2D eigenvalue weighted by Crippen LogP contribution is -2.12. The first-order chi connectivity index (χ1) is 8.12. The lowest BCUT2D eigenvalue weighted by molar-refractivity contribution is -0.137. The Bertz CT molecular complexity index is 598. The Balaban J connectivity index is 2.15. The minimum atomic E-state index is -0.826. The van der Waals surface area contributed by atoms with E-state index in [9.17, 15) is 9.18 Å². The van der Waals surface area contributed by atoms with Crippen LogP contribution in [0.1, 0.15) is 24.8 Å². The number of H-pyrrole nitrogens is 1. The predicted molar refractivity (Wildman–Crippen MR) is 61.4 cm³/mol. The van der Waals surface area contributed by atoms with Gasteiger partial charge in [-0.25, -0.2) is 4.39 Å². The first-order valence-corrected chi connectivity index (χ1v) is 5.60. The number of nitrogens with one attached hydrogen (secondary N) is 1. The molecule has 1 aromatic heterocycles. The third-order valence-electron chi connectivity index (χ3n) is 3.57. The number of fused-ring (bicyclic) bond motifs is 1. The van der Waals surface area contributed by atoms with Gasteiger partial charge in [0.25, 0.3) is 0 Å². The number of benzene rings is 1. The summed E-state index contributed by atoms with van der Waals surface area (Å²) in [6.07, 6.45) is 3.47. The molecule has 0 saturated heterocycles. The largest absolute Gasteiger partial charge is 0.481 e. The summed E-state index contributed by atoms with van der Waals surface area (Å²) >= 11 is 0. The van der Waals surface area contributed by atoms with E-state index in [-0.39, 0.29) is 17.7 Å². The number of carbonyl (C=O) groups is 1. The van der Waals surface area contributed by atoms with Crippen molar-refractivity contribution < 1.29 is 14.3 Å². The maximum absolute atomic E-state index is 13.8. The quantitative estimate of drug-likeness (QED) is 0.856. The minimum absolute atomic E-state index is 0.0777. The molecule has 4 heteroatoms. The van der Waals surface area contributed by atoms with E-state index < -0.39 is 5.97 Å². The molecule has 88 valence electrons. The van der Waals surface area contributed by atoms with Gasteiger partial charge in [-0.1, -0.05) is 6.07 Å². The zero-order chi connectivity index (χ0) is 12.0. The van der Waals surface area contributed by atoms with Gasteiger partial charge in [0.15, 0.2) is 0 Å². The van der Waals surface area contributed by atoms with Crippen molar-refractivity contribution in [3.63, 3.8) is 0 Å². The van der Waals surface area contributed by atoms with Crippen LogP contribution in [0.2, 0.25) is 0 Å². The fraction of sp³-hybridized carbons (Fsp3) is 0.308. The van der Waals surface area contributed by atoms with Crippen LogP contribution in [0.5, 0.6) is 0 Å². The van der Waals surface area contributed by atoms with Crippen LogP contribution in [0.4, 0.5) is 4.39 Å². The molecule has 1 heterocycles. The fourth-order valence-electron chi connectivity index (χ4n) is 2.54.